The molecule has 1 aromatic carbocycles. The maximum Gasteiger partial charge on any atom is 0.419 e. The first-order valence-electron chi connectivity index (χ1n) is 10.5. The van der Waals surface area contributed by atoms with Crippen molar-refractivity contribution in [3.63, 3.8) is 0 Å². The molecule has 32 heavy (non-hydrogen) atoms. The van der Waals surface area contributed by atoms with E-state index in [1.165, 1.54) is 23.4 Å². The Morgan fingerprint density at radius 1 is 1.06 bits per heavy atom. The average molecular weight is 444 g/mol. The molecule has 1 aliphatic carbocycles. The van der Waals surface area contributed by atoms with Crippen molar-refractivity contribution in [3.05, 3.63) is 71.7 Å². The lowest BCUT2D eigenvalue weighted by Gasteiger charge is -2.32. The van der Waals surface area contributed by atoms with E-state index in [1.54, 1.807) is 18.2 Å². The zero-order valence-electron chi connectivity index (χ0n) is 17.2. The molecule has 0 saturated heterocycles. The number of anilines is 1. The topological polar surface area (TPSA) is 80.0 Å². The van der Waals surface area contributed by atoms with Gasteiger partial charge in [0.1, 0.15) is 5.82 Å². The van der Waals surface area contributed by atoms with Gasteiger partial charge in [0, 0.05) is 12.4 Å². The third-order valence-electron chi connectivity index (χ3n) is 5.86. The van der Waals surface area contributed by atoms with E-state index in [2.05, 4.69) is 15.4 Å². The molecule has 0 aliphatic heterocycles. The molecule has 0 radical (unpaired) electrons. The number of pyridine rings is 1. The van der Waals surface area contributed by atoms with E-state index in [0.29, 0.717) is 17.4 Å². The number of nitrogens with zero attached hydrogens (tertiary/aromatic N) is 3. The van der Waals surface area contributed by atoms with E-state index in [9.17, 15) is 18.0 Å². The number of aromatic carboxylic acids is 1. The minimum absolute atomic E-state index is 0.0455. The van der Waals surface area contributed by atoms with Crippen LogP contribution in [0.5, 0.6) is 0 Å². The summed E-state index contributed by atoms with van der Waals surface area (Å²) in [6, 6.07) is 10.4. The number of aromatic nitrogens is 3. The van der Waals surface area contributed by atoms with Crippen LogP contribution < -0.4 is 5.32 Å². The van der Waals surface area contributed by atoms with Crippen LogP contribution in [0.25, 0.3) is 5.69 Å². The number of alkyl halides is 3. The van der Waals surface area contributed by atoms with E-state index in [4.69, 9.17) is 5.11 Å². The van der Waals surface area contributed by atoms with Gasteiger partial charge in [0.15, 0.2) is 0 Å². The first-order chi connectivity index (χ1) is 15.3. The summed E-state index contributed by atoms with van der Waals surface area (Å²) in [5, 5.41) is 16.3. The van der Waals surface area contributed by atoms with Crippen molar-refractivity contribution < 1.29 is 23.1 Å². The fourth-order valence-corrected chi connectivity index (χ4v) is 4.15. The van der Waals surface area contributed by atoms with Crippen molar-refractivity contribution >= 4 is 11.8 Å². The number of carboxylic acids is 1. The first kappa shape index (κ1) is 21.9. The molecule has 0 bridgehead atoms. The molecule has 2 aromatic heterocycles. The smallest absolute Gasteiger partial charge is 0.419 e. The minimum Gasteiger partial charge on any atom is -0.478 e. The number of hydrogen-bond acceptors (Lipinski definition) is 4. The highest BCUT2D eigenvalue weighted by molar-refractivity contribution is 5.87. The quantitative estimate of drug-likeness (QED) is 0.509. The highest BCUT2D eigenvalue weighted by Gasteiger charge is 2.32. The normalized spacial score (nSPS) is 16.0. The molecular formula is C23H23F3N4O2. The second-order valence-electron chi connectivity index (χ2n) is 8.02. The SMILES string of the molecule is O=C(O)c1ccc(NC(c2ccc(-n3cc(C(F)(F)F)cn3)cc2)C2CCCCC2)nc1. The zero-order chi connectivity index (χ0) is 22.7. The minimum atomic E-state index is -4.43. The van der Waals surface area contributed by atoms with Crippen molar-refractivity contribution in [2.75, 3.05) is 5.32 Å². The molecule has 168 valence electrons. The van der Waals surface area contributed by atoms with Crippen molar-refractivity contribution in [2.24, 2.45) is 5.92 Å². The lowest BCUT2D eigenvalue weighted by molar-refractivity contribution is -0.137. The highest BCUT2D eigenvalue weighted by Crippen LogP contribution is 2.37. The van der Waals surface area contributed by atoms with Crippen LogP contribution in [0.2, 0.25) is 0 Å². The number of halogens is 3. The molecule has 1 aliphatic rings. The second kappa shape index (κ2) is 9.02. The standard InChI is InChI=1S/C23H23F3N4O2/c24-23(25,26)18-13-28-30(14-18)19-9-6-16(7-10-19)21(15-4-2-1-3-5-15)29-20-11-8-17(12-27-20)22(31)32/h6-15,21H,1-5H2,(H,27,29)(H,31,32). The van der Waals surface area contributed by atoms with Crippen LogP contribution in [0.15, 0.2) is 55.0 Å². The second-order valence-corrected chi connectivity index (χ2v) is 8.02. The molecule has 1 atom stereocenters. The Labute approximate surface area is 183 Å². The highest BCUT2D eigenvalue weighted by atomic mass is 19.4. The van der Waals surface area contributed by atoms with Gasteiger partial charge < -0.3 is 10.4 Å². The van der Waals surface area contributed by atoms with Gasteiger partial charge in [0.2, 0.25) is 0 Å². The van der Waals surface area contributed by atoms with Gasteiger partial charge >= 0.3 is 12.1 Å². The molecule has 1 saturated carbocycles. The number of carboxylic acid groups (broad SMARTS) is 1. The van der Waals surface area contributed by atoms with Crippen LogP contribution in [0.1, 0.15) is 59.6 Å². The van der Waals surface area contributed by atoms with Crippen LogP contribution in [0, 0.1) is 5.92 Å². The number of benzene rings is 1. The van der Waals surface area contributed by atoms with E-state index >= 15 is 0 Å². The summed E-state index contributed by atoms with van der Waals surface area (Å²) in [4.78, 5) is 15.3. The molecule has 2 heterocycles. The Kier molecular flexibility index (Phi) is 6.16. The number of rotatable bonds is 6. The molecule has 1 unspecified atom stereocenters. The summed E-state index contributed by atoms with van der Waals surface area (Å²) in [5.41, 5.74) is 0.856. The molecule has 0 spiro atoms. The molecule has 2 N–H and O–H groups in total. The van der Waals surface area contributed by atoms with E-state index in [1.807, 2.05) is 12.1 Å². The van der Waals surface area contributed by atoms with E-state index in [-0.39, 0.29) is 11.6 Å². The molecular weight excluding hydrogens is 421 g/mol. The van der Waals surface area contributed by atoms with Crippen LogP contribution in [-0.2, 0) is 6.18 Å². The van der Waals surface area contributed by atoms with Crippen molar-refractivity contribution in [1.82, 2.24) is 14.8 Å². The van der Waals surface area contributed by atoms with Gasteiger partial charge in [-0.2, -0.15) is 18.3 Å². The number of carbonyl (C=O) groups is 1. The summed E-state index contributed by atoms with van der Waals surface area (Å²) in [5.74, 6) is -0.0793. The van der Waals surface area contributed by atoms with Crippen molar-refractivity contribution in [3.8, 4) is 5.69 Å². The summed E-state index contributed by atoms with van der Waals surface area (Å²) < 4.78 is 39.8. The van der Waals surface area contributed by atoms with Gasteiger partial charge in [0.05, 0.1) is 29.1 Å². The van der Waals surface area contributed by atoms with Crippen LogP contribution >= 0.6 is 0 Å². The van der Waals surface area contributed by atoms with Gasteiger partial charge in [-0.05, 0) is 48.6 Å². The fourth-order valence-electron chi connectivity index (χ4n) is 4.15. The van der Waals surface area contributed by atoms with Crippen molar-refractivity contribution in [2.45, 2.75) is 44.3 Å². The fraction of sp³-hybridized carbons (Fsp3) is 0.348. The Hall–Kier alpha value is -3.36. The Bertz CT molecular complexity index is 1060. The van der Waals surface area contributed by atoms with Crippen LogP contribution in [-0.4, -0.2) is 25.8 Å². The monoisotopic (exact) mass is 444 g/mol. The van der Waals surface area contributed by atoms with Gasteiger partial charge in [-0.25, -0.2) is 14.5 Å². The summed E-state index contributed by atoms with van der Waals surface area (Å²) >= 11 is 0. The van der Waals surface area contributed by atoms with Crippen molar-refractivity contribution in [1.29, 1.82) is 0 Å². The van der Waals surface area contributed by atoms with Gasteiger partial charge in [-0.1, -0.05) is 31.4 Å². The van der Waals surface area contributed by atoms with E-state index < -0.39 is 17.7 Å². The molecule has 6 nitrogen and oxygen atoms in total. The summed E-state index contributed by atoms with van der Waals surface area (Å²) in [6.07, 6.45) is 4.27. The van der Waals surface area contributed by atoms with Gasteiger partial charge in [-0.15, -0.1) is 0 Å². The maximum absolute atomic E-state index is 12.9. The largest absolute Gasteiger partial charge is 0.478 e. The molecule has 0 amide bonds. The first-order valence-corrected chi connectivity index (χ1v) is 10.5. The summed E-state index contributed by atoms with van der Waals surface area (Å²) in [6.45, 7) is 0. The predicted molar refractivity (Wildman–Crippen MR) is 113 cm³/mol. The van der Waals surface area contributed by atoms with Gasteiger partial charge in [0.25, 0.3) is 0 Å². The molecule has 9 heteroatoms. The van der Waals surface area contributed by atoms with Crippen LogP contribution in [0.3, 0.4) is 0 Å². The summed E-state index contributed by atoms with van der Waals surface area (Å²) in [7, 11) is 0. The Morgan fingerprint density at radius 3 is 2.34 bits per heavy atom. The predicted octanol–water partition coefficient (Wildman–Crippen LogP) is 5.72. The molecule has 3 aromatic rings. The Balaban J connectivity index is 1.58. The number of hydrogen-bond donors (Lipinski definition) is 2. The molecule has 4 rings (SSSR count). The van der Waals surface area contributed by atoms with Gasteiger partial charge in [-0.3, -0.25) is 0 Å². The molecule has 1 fully saturated rings. The number of nitrogens with one attached hydrogen (secondary N) is 1. The lowest BCUT2D eigenvalue weighted by Crippen LogP contribution is -2.23. The Morgan fingerprint density at radius 2 is 1.78 bits per heavy atom. The van der Waals surface area contributed by atoms with E-state index in [0.717, 1.165) is 43.6 Å². The third kappa shape index (κ3) is 4.92. The maximum atomic E-state index is 12.9. The van der Waals surface area contributed by atoms with Crippen LogP contribution in [0.4, 0.5) is 19.0 Å². The zero-order valence-corrected chi connectivity index (χ0v) is 17.2. The lowest BCUT2D eigenvalue weighted by atomic mass is 9.81. The average Bonchev–Trinajstić information content (AvgIpc) is 3.30. The third-order valence-corrected chi connectivity index (χ3v) is 5.86.